The predicted molar refractivity (Wildman–Crippen MR) is 77.9 cm³/mol. The number of aliphatic hydroxyl groups is 1. The summed E-state index contributed by atoms with van der Waals surface area (Å²) in [7, 11) is 1.59. The lowest BCUT2D eigenvalue weighted by Crippen LogP contribution is -2.15. The third kappa shape index (κ3) is 3.40. The fraction of sp³-hybridized carbons (Fsp3) is 0.200. The van der Waals surface area contributed by atoms with Gasteiger partial charge in [0.25, 0.3) is 0 Å². The van der Waals surface area contributed by atoms with Crippen molar-refractivity contribution in [3.8, 4) is 5.75 Å². The van der Waals surface area contributed by atoms with Gasteiger partial charge in [-0.15, -0.1) is 0 Å². The Morgan fingerprint density at radius 3 is 2.75 bits per heavy atom. The molecule has 106 valence electrons. The molecule has 2 rings (SSSR count). The molecule has 2 aromatic carbocycles. The van der Waals surface area contributed by atoms with Crippen LogP contribution in [-0.2, 0) is 0 Å². The van der Waals surface area contributed by atoms with Crippen molar-refractivity contribution < 1.29 is 14.2 Å². The van der Waals surface area contributed by atoms with Crippen LogP contribution in [0.1, 0.15) is 11.6 Å². The minimum atomic E-state index is -0.478. The molecule has 2 aromatic rings. The molecule has 0 fully saturated rings. The van der Waals surface area contributed by atoms with Crippen LogP contribution in [0.3, 0.4) is 0 Å². The van der Waals surface area contributed by atoms with Gasteiger partial charge in [0, 0.05) is 11.8 Å². The van der Waals surface area contributed by atoms with Gasteiger partial charge in [-0.1, -0.05) is 23.7 Å². The van der Waals surface area contributed by atoms with E-state index in [9.17, 15) is 9.50 Å². The van der Waals surface area contributed by atoms with Crippen LogP contribution in [0.5, 0.6) is 5.75 Å². The minimum absolute atomic E-state index is 0.0355. The summed E-state index contributed by atoms with van der Waals surface area (Å²) in [5.41, 5.74) is 1.51. The Hall–Kier alpha value is -1.78. The van der Waals surface area contributed by atoms with Crippen LogP contribution < -0.4 is 10.1 Å². The molecule has 0 radical (unpaired) electrons. The summed E-state index contributed by atoms with van der Waals surface area (Å²) >= 11 is 5.76. The van der Waals surface area contributed by atoms with Gasteiger partial charge in [0.15, 0.2) is 0 Å². The molecule has 0 spiro atoms. The number of aliphatic hydroxyl groups excluding tert-OH is 1. The fourth-order valence-electron chi connectivity index (χ4n) is 1.88. The molecule has 20 heavy (non-hydrogen) atoms. The van der Waals surface area contributed by atoms with Gasteiger partial charge in [-0.2, -0.15) is 0 Å². The molecule has 5 heteroatoms. The molecule has 0 amide bonds. The van der Waals surface area contributed by atoms with Gasteiger partial charge in [0.2, 0.25) is 0 Å². The van der Waals surface area contributed by atoms with Crippen molar-refractivity contribution in [3.05, 3.63) is 58.9 Å². The normalized spacial score (nSPS) is 12.0. The molecule has 3 nitrogen and oxygen atoms in total. The van der Waals surface area contributed by atoms with Crippen molar-refractivity contribution >= 4 is 17.3 Å². The first-order valence-electron chi connectivity index (χ1n) is 6.10. The number of ether oxygens (including phenoxy) is 1. The second-order valence-corrected chi connectivity index (χ2v) is 4.69. The zero-order chi connectivity index (χ0) is 14.5. The van der Waals surface area contributed by atoms with E-state index in [0.717, 1.165) is 5.69 Å². The highest BCUT2D eigenvalue weighted by Crippen LogP contribution is 2.25. The van der Waals surface area contributed by atoms with Gasteiger partial charge in [0.05, 0.1) is 24.8 Å². The monoisotopic (exact) mass is 295 g/mol. The van der Waals surface area contributed by atoms with E-state index in [0.29, 0.717) is 11.3 Å². The van der Waals surface area contributed by atoms with Gasteiger partial charge >= 0.3 is 0 Å². The molecule has 0 saturated carbocycles. The standard InChI is InChI=1S/C15H15ClFNO2/c1-20-12-4-2-3-11(8-12)18-15(9-19)10-5-6-14(17)13(16)7-10/h2-8,15,18-19H,9H2,1H3. The van der Waals surface area contributed by atoms with Crippen molar-refractivity contribution in [1.29, 1.82) is 0 Å². The first-order valence-corrected chi connectivity index (χ1v) is 6.48. The maximum atomic E-state index is 13.2. The Kier molecular flexibility index (Phi) is 4.82. The number of nitrogens with one attached hydrogen (secondary N) is 1. The molecule has 0 aliphatic carbocycles. The average Bonchev–Trinajstić information content (AvgIpc) is 2.48. The smallest absolute Gasteiger partial charge is 0.141 e. The van der Waals surface area contributed by atoms with Crippen molar-refractivity contribution in [2.24, 2.45) is 0 Å². The Bertz CT molecular complexity index is 592. The highest BCUT2D eigenvalue weighted by atomic mass is 35.5. The summed E-state index contributed by atoms with van der Waals surface area (Å²) in [5, 5.41) is 12.7. The van der Waals surface area contributed by atoms with Gasteiger partial charge < -0.3 is 15.2 Å². The lowest BCUT2D eigenvalue weighted by Gasteiger charge is -2.19. The van der Waals surface area contributed by atoms with Crippen LogP contribution in [0.15, 0.2) is 42.5 Å². The third-order valence-electron chi connectivity index (χ3n) is 2.94. The topological polar surface area (TPSA) is 41.5 Å². The molecule has 2 N–H and O–H groups in total. The molecule has 1 unspecified atom stereocenters. The number of rotatable bonds is 5. The quantitative estimate of drug-likeness (QED) is 0.885. The van der Waals surface area contributed by atoms with Crippen LogP contribution in [0.4, 0.5) is 10.1 Å². The number of benzene rings is 2. The molecule has 0 aromatic heterocycles. The maximum absolute atomic E-state index is 13.2. The van der Waals surface area contributed by atoms with Crippen LogP contribution in [0.25, 0.3) is 0 Å². The highest BCUT2D eigenvalue weighted by molar-refractivity contribution is 6.30. The number of hydrogen-bond acceptors (Lipinski definition) is 3. The minimum Gasteiger partial charge on any atom is -0.497 e. The van der Waals surface area contributed by atoms with Crippen molar-refractivity contribution in [3.63, 3.8) is 0 Å². The average molecular weight is 296 g/mol. The van der Waals surface area contributed by atoms with E-state index in [1.54, 1.807) is 13.2 Å². The molecule has 0 aliphatic heterocycles. The summed E-state index contributed by atoms with van der Waals surface area (Å²) in [6.07, 6.45) is 0. The van der Waals surface area contributed by atoms with E-state index in [1.807, 2.05) is 24.3 Å². The second kappa shape index (κ2) is 6.59. The summed E-state index contributed by atoms with van der Waals surface area (Å²) in [6.45, 7) is -0.140. The SMILES string of the molecule is COc1cccc(NC(CO)c2ccc(F)c(Cl)c2)c1. The number of anilines is 1. The van der Waals surface area contributed by atoms with E-state index in [2.05, 4.69) is 5.32 Å². The maximum Gasteiger partial charge on any atom is 0.141 e. The molecule has 0 aliphatic rings. The molecule has 1 atom stereocenters. The van der Waals surface area contributed by atoms with Crippen LogP contribution in [0.2, 0.25) is 5.02 Å². The molecule has 0 bridgehead atoms. The van der Waals surface area contributed by atoms with Gasteiger partial charge in [-0.3, -0.25) is 0 Å². The van der Waals surface area contributed by atoms with Crippen LogP contribution in [-0.4, -0.2) is 18.8 Å². The van der Waals surface area contributed by atoms with Crippen LogP contribution >= 0.6 is 11.6 Å². The van der Waals surface area contributed by atoms with E-state index in [4.69, 9.17) is 16.3 Å². The molecular formula is C15H15ClFNO2. The third-order valence-corrected chi connectivity index (χ3v) is 3.23. The Morgan fingerprint density at radius 1 is 1.30 bits per heavy atom. The first-order chi connectivity index (χ1) is 9.63. The zero-order valence-corrected chi connectivity index (χ0v) is 11.7. The number of hydrogen-bond donors (Lipinski definition) is 2. The molecule has 0 saturated heterocycles. The molecule has 0 heterocycles. The summed E-state index contributed by atoms with van der Waals surface area (Å²) in [4.78, 5) is 0. The lowest BCUT2D eigenvalue weighted by atomic mass is 10.1. The zero-order valence-electron chi connectivity index (χ0n) is 10.9. The van der Waals surface area contributed by atoms with E-state index < -0.39 is 5.82 Å². The van der Waals surface area contributed by atoms with E-state index >= 15 is 0 Å². The van der Waals surface area contributed by atoms with E-state index in [-0.39, 0.29) is 17.7 Å². The van der Waals surface area contributed by atoms with Crippen molar-refractivity contribution in [2.45, 2.75) is 6.04 Å². The number of halogens is 2. The van der Waals surface area contributed by atoms with Crippen molar-refractivity contribution in [1.82, 2.24) is 0 Å². The van der Waals surface area contributed by atoms with E-state index in [1.165, 1.54) is 12.1 Å². The number of methoxy groups -OCH3 is 1. The summed E-state index contributed by atoms with van der Waals surface area (Å²) in [6, 6.07) is 11.3. The van der Waals surface area contributed by atoms with Crippen molar-refractivity contribution in [2.75, 3.05) is 19.0 Å². The van der Waals surface area contributed by atoms with Gasteiger partial charge in [0.1, 0.15) is 11.6 Å². The summed E-state index contributed by atoms with van der Waals surface area (Å²) in [5.74, 6) is 0.234. The van der Waals surface area contributed by atoms with Gasteiger partial charge in [-0.25, -0.2) is 4.39 Å². The summed E-state index contributed by atoms with van der Waals surface area (Å²) < 4.78 is 18.3. The Morgan fingerprint density at radius 2 is 2.10 bits per heavy atom. The van der Waals surface area contributed by atoms with Crippen LogP contribution in [0, 0.1) is 5.82 Å². The Labute approximate surface area is 122 Å². The highest BCUT2D eigenvalue weighted by Gasteiger charge is 2.12. The molecular weight excluding hydrogens is 281 g/mol. The Balaban J connectivity index is 2.21. The largest absolute Gasteiger partial charge is 0.497 e. The lowest BCUT2D eigenvalue weighted by molar-refractivity contribution is 0.276. The second-order valence-electron chi connectivity index (χ2n) is 4.28. The fourth-order valence-corrected chi connectivity index (χ4v) is 2.07. The first kappa shape index (κ1) is 14.6. The van der Waals surface area contributed by atoms with Gasteiger partial charge in [-0.05, 0) is 29.8 Å². The predicted octanol–water partition coefficient (Wildman–Crippen LogP) is 3.63.